The van der Waals surface area contributed by atoms with E-state index < -0.39 is 0 Å². The van der Waals surface area contributed by atoms with Crippen LogP contribution < -0.4 is 16.0 Å². The van der Waals surface area contributed by atoms with Crippen molar-refractivity contribution in [3.05, 3.63) is 71.7 Å². The Hall–Kier alpha value is -2.55. The van der Waals surface area contributed by atoms with Crippen molar-refractivity contribution in [1.29, 1.82) is 0 Å². The van der Waals surface area contributed by atoms with Crippen LogP contribution in [0.15, 0.2) is 64.2 Å². The SMILES string of the molecule is CCNC(=NCCCNC(=O)c1occc1C)NC(C)c1ccc2ccccc2c1.I. The smallest absolute Gasteiger partial charge is 0.287 e. The molecule has 0 saturated heterocycles. The van der Waals surface area contributed by atoms with E-state index in [0.29, 0.717) is 18.8 Å². The van der Waals surface area contributed by atoms with Gasteiger partial charge < -0.3 is 20.4 Å². The number of benzene rings is 2. The van der Waals surface area contributed by atoms with Crippen LogP contribution in [0, 0.1) is 6.92 Å². The average Bonchev–Trinajstić information content (AvgIpc) is 3.19. The van der Waals surface area contributed by atoms with Gasteiger partial charge in [-0.05, 0) is 55.7 Å². The van der Waals surface area contributed by atoms with E-state index in [1.165, 1.54) is 22.6 Å². The predicted octanol–water partition coefficient (Wildman–Crippen LogP) is 4.80. The molecule has 2 aromatic carbocycles. The molecule has 0 spiro atoms. The van der Waals surface area contributed by atoms with E-state index in [1.54, 1.807) is 6.07 Å². The molecule has 166 valence electrons. The van der Waals surface area contributed by atoms with Crippen molar-refractivity contribution in [2.75, 3.05) is 19.6 Å². The Morgan fingerprint density at radius 2 is 1.87 bits per heavy atom. The largest absolute Gasteiger partial charge is 0.459 e. The normalized spacial score (nSPS) is 12.2. The van der Waals surface area contributed by atoms with Crippen LogP contribution in [-0.4, -0.2) is 31.5 Å². The summed E-state index contributed by atoms with van der Waals surface area (Å²) in [4.78, 5) is 16.7. The second kappa shape index (κ2) is 12.3. The molecular formula is C24H31IN4O2. The van der Waals surface area contributed by atoms with Crippen molar-refractivity contribution in [3.63, 3.8) is 0 Å². The van der Waals surface area contributed by atoms with Gasteiger partial charge in [0.15, 0.2) is 11.7 Å². The van der Waals surface area contributed by atoms with Gasteiger partial charge in [0.25, 0.3) is 5.91 Å². The summed E-state index contributed by atoms with van der Waals surface area (Å²) in [5.74, 6) is 0.959. The van der Waals surface area contributed by atoms with E-state index in [4.69, 9.17) is 4.42 Å². The highest BCUT2D eigenvalue weighted by Gasteiger charge is 2.11. The van der Waals surface area contributed by atoms with Gasteiger partial charge in [-0.3, -0.25) is 9.79 Å². The van der Waals surface area contributed by atoms with Gasteiger partial charge in [0.1, 0.15) is 0 Å². The summed E-state index contributed by atoms with van der Waals surface area (Å²) in [7, 11) is 0. The number of carbonyl (C=O) groups excluding carboxylic acids is 1. The number of carbonyl (C=O) groups is 1. The third-order valence-corrected chi connectivity index (χ3v) is 4.93. The first-order valence-corrected chi connectivity index (χ1v) is 10.4. The number of fused-ring (bicyclic) bond motifs is 1. The average molecular weight is 534 g/mol. The van der Waals surface area contributed by atoms with Crippen LogP contribution in [0.3, 0.4) is 0 Å². The number of aliphatic imine (C=N–C) groups is 1. The maximum Gasteiger partial charge on any atom is 0.287 e. The van der Waals surface area contributed by atoms with Crippen molar-refractivity contribution in [2.45, 2.75) is 33.2 Å². The first-order valence-electron chi connectivity index (χ1n) is 10.4. The molecule has 31 heavy (non-hydrogen) atoms. The van der Waals surface area contributed by atoms with E-state index in [1.807, 2.05) is 13.8 Å². The predicted molar refractivity (Wildman–Crippen MR) is 137 cm³/mol. The van der Waals surface area contributed by atoms with Gasteiger partial charge in [-0.1, -0.05) is 36.4 Å². The number of aryl methyl sites for hydroxylation is 1. The lowest BCUT2D eigenvalue weighted by Crippen LogP contribution is -2.39. The molecule has 0 bridgehead atoms. The highest BCUT2D eigenvalue weighted by molar-refractivity contribution is 14.0. The number of rotatable bonds is 8. The number of halogens is 1. The number of hydrogen-bond donors (Lipinski definition) is 3. The summed E-state index contributed by atoms with van der Waals surface area (Å²) in [6.07, 6.45) is 2.27. The van der Waals surface area contributed by atoms with Crippen LogP contribution in [0.1, 0.15) is 48.0 Å². The van der Waals surface area contributed by atoms with E-state index in [9.17, 15) is 4.79 Å². The van der Waals surface area contributed by atoms with Gasteiger partial charge in [0.2, 0.25) is 0 Å². The van der Waals surface area contributed by atoms with Crippen LogP contribution in [0.4, 0.5) is 0 Å². The number of guanidine groups is 1. The van der Waals surface area contributed by atoms with Gasteiger partial charge in [-0.15, -0.1) is 24.0 Å². The van der Waals surface area contributed by atoms with Crippen molar-refractivity contribution in [3.8, 4) is 0 Å². The monoisotopic (exact) mass is 534 g/mol. The molecule has 0 aliphatic heterocycles. The lowest BCUT2D eigenvalue weighted by atomic mass is 10.0. The fourth-order valence-corrected chi connectivity index (χ4v) is 3.24. The fourth-order valence-electron chi connectivity index (χ4n) is 3.24. The number of nitrogens with zero attached hydrogens (tertiary/aromatic N) is 1. The van der Waals surface area contributed by atoms with Gasteiger partial charge >= 0.3 is 0 Å². The topological polar surface area (TPSA) is 78.7 Å². The molecule has 0 fully saturated rings. The molecule has 0 aliphatic rings. The zero-order valence-corrected chi connectivity index (χ0v) is 20.6. The Morgan fingerprint density at radius 3 is 2.58 bits per heavy atom. The molecule has 3 aromatic rings. The van der Waals surface area contributed by atoms with Crippen LogP contribution >= 0.6 is 24.0 Å². The highest BCUT2D eigenvalue weighted by Crippen LogP contribution is 2.20. The Balaban J connectivity index is 0.00000341. The van der Waals surface area contributed by atoms with Crippen molar-refractivity contribution in [1.82, 2.24) is 16.0 Å². The van der Waals surface area contributed by atoms with Crippen LogP contribution in [-0.2, 0) is 0 Å². The molecule has 0 aliphatic carbocycles. The van der Waals surface area contributed by atoms with Gasteiger partial charge in [-0.2, -0.15) is 0 Å². The molecule has 3 rings (SSSR count). The number of nitrogens with one attached hydrogen (secondary N) is 3. The summed E-state index contributed by atoms with van der Waals surface area (Å²) < 4.78 is 5.21. The van der Waals surface area contributed by atoms with Crippen LogP contribution in [0.5, 0.6) is 0 Å². The van der Waals surface area contributed by atoms with Gasteiger partial charge in [0.05, 0.1) is 12.3 Å². The van der Waals surface area contributed by atoms with Gasteiger partial charge in [0, 0.05) is 25.2 Å². The van der Waals surface area contributed by atoms with Crippen molar-refractivity contribution in [2.24, 2.45) is 4.99 Å². The zero-order chi connectivity index (χ0) is 21.3. The third-order valence-electron chi connectivity index (χ3n) is 4.93. The molecule has 0 saturated carbocycles. The Kier molecular flexibility index (Phi) is 9.84. The summed E-state index contributed by atoms with van der Waals surface area (Å²) in [6.45, 7) is 7.96. The Bertz CT molecular complexity index is 1020. The van der Waals surface area contributed by atoms with E-state index in [2.05, 4.69) is 70.3 Å². The summed E-state index contributed by atoms with van der Waals surface area (Å²) >= 11 is 0. The minimum absolute atomic E-state index is 0. The molecule has 1 heterocycles. The molecule has 3 N–H and O–H groups in total. The number of amides is 1. The second-order valence-electron chi connectivity index (χ2n) is 7.28. The molecular weight excluding hydrogens is 503 g/mol. The minimum Gasteiger partial charge on any atom is -0.459 e. The molecule has 1 unspecified atom stereocenters. The van der Waals surface area contributed by atoms with E-state index >= 15 is 0 Å². The lowest BCUT2D eigenvalue weighted by Gasteiger charge is -2.18. The maximum atomic E-state index is 12.1. The molecule has 1 aromatic heterocycles. The summed E-state index contributed by atoms with van der Waals surface area (Å²) in [5.41, 5.74) is 2.05. The van der Waals surface area contributed by atoms with Crippen LogP contribution in [0.2, 0.25) is 0 Å². The summed E-state index contributed by atoms with van der Waals surface area (Å²) in [6, 6.07) is 16.8. The van der Waals surface area contributed by atoms with Crippen LogP contribution in [0.25, 0.3) is 10.8 Å². The highest BCUT2D eigenvalue weighted by atomic mass is 127. The molecule has 1 atom stereocenters. The minimum atomic E-state index is -0.184. The Labute approximate surface area is 200 Å². The summed E-state index contributed by atoms with van der Waals surface area (Å²) in [5, 5.41) is 12.1. The first kappa shape index (κ1) is 24.7. The lowest BCUT2D eigenvalue weighted by molar-refractivity contribution is 0.0925. The van der Waals surface area contributed by atoms with E-state index in [0.717, 1.165) is 24.5 Å². The maximum absolute atomic E-state index is 12.1. The quantitative estimate of drug-likeness (QED) is 0.168. The molecule has 7 heteroatoms. The van der Waals surface area contributed by atoms with E-state index in [-0.39, 0.29) is 35.9 Å². The first-order chi connectivity index (χ1) is 14.6. The van der Waals surface area contributed by atoms with Crippen molar-refractivity contribution < 1.29 is 9.21 Å². The number of furan rings is 1. The second-order valence-corrected chi connectivity index (χ2v) is 7.28. The fraction of sp³-hybridized carbons (Fsp3) is 0.333. The standard InChI is InChI=1S/C24H30N4O2.HI/c1-4-25-24(27-14-7-13-26-23(29)22-17(2)12-15-30-22)28-18(3)20-11-10-19-8-5-6-9-21(19)16-20;/h5-6,8-12,15-16,18H,4,7,13-14H2,1-3H3,(H,26,29)(H2,25,27,28);1H. The zero-order valence-electron chi connectivity index (χ0n) is 18.3. The molecule has 1 amide bonds. The molecule has 0 radical (unpaired) electrons. The third kappa shape index (κ3) is 6.99. The number of hydrogen-bond acceptors (Lipinski definition) is 3. The molecule has 6 nitrogen and oxygen atoms in total. The van der Waals surface area contributed by atoms with Gasteiger partial charge in [-0.25, -0.2) is 0 Å². The van der Waals surface area contributed by atoms with Crippen molar-refractivity contribution >= 4 is 46.6 Å². The Morgan fingerprint density at radius 1 is 1.10 bits per heavy atom.